The molecule has 4 unspecified atom stereocenters. The predicted octanol–water partition coefficient (Wildman–Crippen LogP) is 4.02. The van der Waals surface area contributed by atoms with E-state index in [0.717, 1.165) is 52.3 Å². The first-order valence-corrected chi connectivity index (χ1v) is 13.8. The zero-order valence-corrected chi connectivity index (χ0v) is 22.8. The number of hydrogen-bond donors (Lipinski definition) is 0. The first-order chi connectivity index (χ1) is 15.7. The highest BCUT2D eigenvalue weighted by Gasteiger charge is 2.33. The molecule has 3 fully saturated rings. The van der Waals surface area contributed by atoms with Gasteiger partial charge in [0.25, 0.3) is 0 Å². The van der Waals surface area contributed by atoms with Crippen molar-refractivity contribution in [3.63, 3.8) is 0 Å². The quantitative estimate of drug-likeness (QED) is 0.510. The van der Waals surface area contributed by atoms with Crippen molar-refractivity contribution in [1.29, 1.82) is 0 Å². The van der Waals surface area contributed by atoms with Crippen LogP contribution in [0.2, 0.25) is 0 Å². The molecule has 0 aromatic heterocycles. The maximum absolute atomic E-state index is 6.29. The molecular formula is C27H53N3O3. The molecule has 0 aromatic rings. The van der Waals surface area contributed by atoms with Crippen LogP contribution in [0.25, 0.3) is 0 Å². The minimum absolute atomic E-state index is 0.327. The molecule has 0 radical (unpaired) electrons. The molecule has 3 aliphatic heterocycles. The Bertz CT molecular complexity index is 577. The largest absolute Gasteiger partial charge is 0.376 e. The SMILES string of the molecule is CC(CC[C@H]1CN(C(C)C)[C@@H](C)CO1)N1CC(CCC(C)N2CCO[C@@H](C)[C@H]2C)OCC1C. The summed E-state index contributed by atoms with van der Waals surface area (Å²) in [5, 5.41) is 0. The molecule has 3 saturated heterocycles. The van der Waals surface area contributed by atoms with E-state index in [0.29, 0.717) is 54.6 Å². The molecule has 0 spiro atoms. The highest BCUT2D eigenvalue weighted by molar-refractivity contribution is 4.86. The highest BCUT2D eigenvalue weighted by atomic mass is 16.5. The molecule has 8 atom stereocenters. The fourth-order valence-corrected chi connectivity index (χ4v) is 6.13. The predicted molar refractivity (Wildman–Crippen MR) is 136 cm³/mol. The average molecular weight is 468 g/mol. The van der Waals surface area contributed by atoms with E-state index in [1.807, 2.05) is 0 Å². The third-order valence-corrected chi connectivity index (χ3v) is 8.65. The van der Waals surface area contributed by atoms with Crippen molar-refractivity contribution >= 4 is 0 Å². The van der Waals surface area contributed by atoms with Crippen LogP contribution >= 0.6 is 0 Å². The molecule has 3 heterocycles. The van der Waals surface area contributed by atoms with Gasteiger partial charge in [-0.1, -0.05) is 0 Å². The van der Waals surface area contributed by atoms with Crippen LogP contribution in [0.3, 0.4) is 0 Å². The van der Waals surface area contributed by atoms with E-state index in [4.69, 9.17) is 14.2 Å². The van der Waals surface area contributed by atoms with Crippen LogP contribution < -0.4 is 0 Å². The van der Waals surface area contributed by atoms with Crippen molar-refractivity contribution in [2.24, 2.45) is 0 Å². The molecule has 0 saturated carbocycles. The summed E-state index contributed by atoms with van der Waals surface area (Å²) in [5.74, 6) is 0. The Labute approximate surface area is 204 Å². The Morgan fingerprint density at radius 1 is 0.697 bits per heavy atom. The van der Waals surface area contributed by atoms with Crippen molar-refractivity contribution in [1.82, 2.24) is 14.7 Å². The smallest absolute Gasteiger partial charge is 0.0703 e. The molecule has 6 nitrogen and oxygen atoms in total. The van der Waals surface area contributed by atoms with E-state index in [-0.39, 0.29) is 0 Å². The molecule has 33 heavy (non-hydrogen) atoms. The van der Waals surface area contributed by atoms with E-state index < -0.39 is 0 Å². The summed E-state index contributed by atoms with van der Waals surface area (Å²) in [7, 11) is 0. The molecule has 194 valence electrons. The van der Waals surface area contributed by atoms with Gasteiger partial charge >= 0.3 is 0 Å². The maximum Gasteiger partial charge on any atom is 0.0703 e. The minimum atomic E-state index is 0.327. The summed E-state index contributed by atoms with van der Waals surface area (Å²) in [4.78, 5) is 7.93. The van der Waals surface area contributed by atoms with Gasteiger partial charge in [0.05, 0.1) is 38.1 Å². The first-order valence-electron chi connectivity index (χ1n) is 13.8. The zero-order chi connectivity index (χ0) is 24.1. The second-order valence-electron chi connectivity index (χ2n) is 11.5. The standard InChI is InChI=1S/C27H53N3O3/c1-19(2)29-15-26(32-17-22(29)5)12-10-21(4)30-16-27(33-18-23(30)6)11-9-20(3)28-13-14-31-25(8)24(28)7/h19-27H,9-18H2,1-8H3/t20?,21?,22-,23?,24+,25-,26-,27?/m0/s1. The van der Waals surface area contributed by atoms with Gasteiger partial charge in [0.15, 0.2) is 0 Å². The van der Waals surface area contributed by atoms with Gasteiger partial charge in [0.2, 0.25) is 0 Å². The van der Waals surface area contributed by atoms with Crippen LogP contribution in [0.1, 0.15) is 81.1 Å². The maximum atomic E-state index is 6.29. The Morgan fingerprint density at radius 2 is 1.21 bits per heavy atom. The number of ether oxygens (including phenoxy) is 3. The number of nitrogens with zero attached hydrogens (tertiary/aromatic N) is 3. The van der Waals surface area contributed by atoms with Crippen LogP contribution in [0.15, 0.2) is 0 Å². The van der Waals surface area contributed by atoms with E-state index in [1.54, 1.807) is 0 Å². The molecule has 0 bridgehead atoms. The monoisotopic (exact) mass is 467 g/mol. The fraction of sp³-hybridized carbons (Fsp3) is 1.00. The molecule has 0 amide bonds. The van der Waals surface area contributed by atoms with Gasteiger partial charge < -0.3 is 14.2 Å². The summed E-state index contributed by atoms with van der Waals surface area (Å²) in [5.41, 5.74) is 0. The van der Waals surface area contributed by atoms with Gasteiger partial charge in [-0.15, -0.1) is 0 Å². The van der Waals surface area contributed by atoms with Gasteiger partial charge in [-0.05, 0) is 81.1 Å². The van der Waals surface area contributed by atoms with Crippen molar-refractivity contribution in [2.75, 3.05) is 39.5 Å². The third-order valence-electron chi connectivity index (χ3n) is 8.65. The lowest BCUT2D eigenvalue weighted by atomic mass is 9.99. The second kappa shape index (κ2) is 12.6. The van der Waals surface area contributed by atoms with Gasteiger partial charge in [-0.25, -0.2) is 0 Å². The van der Waals surface area contributed by atoms with E-state index >= 15 is 0 Å². The Kier molecular flexibility index (Phi) is 10.5. The van der Waals surface area contributed by atoms with Crippen molar-refractivity contribution in [3.05, 3.63) is 0 Å². The summed E-state index contributed by atoms with van der Waals surface area (Å²) >= 11 is 0. The summed E-state index contributed by atoms with van der Waals surface area (Å²) in [6.07, 6.45) is 5.73. The van der Waals surface area contributed by atoms with E-state index in [2.05, 4.69) is 70.1 Å². The minimum Gasteiger partial charge on any atom is -0.376 e. The second-order valence-corrected chi connectivity index (χ2v) is 11.5. The van der Waals surface area contributed by atoms with Gasteiger partial charge in [0, 0.05) is 55.9 Å². The van der Waals surface area contributed by atoms with E-state index in [9.17, 15) is 0 Å². The molecule has 3 rings (SSSR count). The lowest BCUT2D eigenvalue weighted by Crippen LogP contribution is -2.54. The topological polar surface area (TPSA) is 37.4 Å². The molecule has 0 aliphatic carbocycles. The van der Waals surface area contributed by atoms with Crippen LogP contribution in [-0.2, 0) is 14.2 Å². The van der Waals surface area contributed by atoms with Crippen LogP contribution in [0.4, 0.5) is 0 Å². The zero-order valence-electron chi connectivity index (χ0n) is 22.8. The van der Waals surface area contributed by atoms with Crippen molar-refractivity contribution in [2.45, 2.75) is 136 Å². The lowest BCUT2D eigenvalue weighted by Gasteiger charge is -2.44. The number of morpholine rings is 3. The first kappa shape index (κ1) is 27.3. The molecule has 0 aromatic carbocycles. The molecule has 3 aliphatic rings. The third kappa shape index (κ3) is 7.37. The molecule has 6 heteroatoms. The molecular weight excluding hydrogens is 414 g/mol. The Hall–Kier alpha value is -0.240. The normalized spacial score (nSPS) is 37.4. The van der Waals surface area contributed by atoms with Crippen LogP contribution in [0.5, 0.6) is 0 Å². The van der Waals surface area contributed by atoms with Crippen molar-refractivity contribution < 1.29 is 14.2 Å². The van der Waals surface area contributed by atoms with Gasteiger partial charge in [0.1, 0.15) is 0 Å². The van der Waals surface area contributed by atoms with Gasteiger partial charge in [-0.3, -0.25) is 14.7 Å². The van der Waals surface area contributed by atoms with Crippen LogP contribution in [-0.4, -0.2) is 109 Å². The summed E-state index contributed by atoms with van der Waals surface area (Å²) in [6, 6.07) is 3.26. The summed E-state index contributed by atoms with van der Waals surface area (Å²) < 4.78 is 18.3. The van der Waals surface area contributed by atoms with Gasteiger partial charge in [-0.2, -0.15) is 0 Å². The Balaban J connectivity index is 1.43. The summed E-state index contributed by atoms with van der Waals surface area (Å²) in [6.45, 7) is 24.3. The highest BCUT2D eigenvalue weighted by Crippen LogP contribution is 2.25. The number of rotatable bonds is 9. The fourth-order valence-electron chi connectivity index (χ4n) is 6.13. The van der Waals surface area contributed by atoms with Crippen LogP contribution in [0, 0.1) is 0 Å². The molecule has 0 N–H and O–H groups in total. The average Bonchev–Trinajstić information content (AvgIpc) is 2.79. The van der Waals surface area contributed by atoms with E-state index in [1.165, 1.54) is 12.8 Å². The Morgan fingerprint density at radius 3 is 1.79 bits per heavy atom. The van der Waals surface area contributed by atoms with Crippen molar-refractivity contribution in [3.8, 4) is 0 Å². The number of hydrogen-bond acceptors (Lipinski definition) is 6. The lowest BCUT2D eigenvalue weighted by molar-refractivity contribution is -0.0922.